The van der Waals surface area contributed by atoms with Gasteiger partial charge in [0.25, 0.3) is 0 Å². The van der Waals surface area contributed by atoms with E-state index in [0.29, 0.717) is 31.3 Å². The van der Waals surface area contributed by atoms with Crippen molar-refractivity contribution in [2.45, 2.75) is 72.8 Å². The van der Waals surface area contributed by atoms with E-state index in [1.807, 2.05) is 27.7 Å². The molecule has 0 amide bonds. The summed E-state index contributed by atoms with van der Waals surface area (Å²) < 4.78 is 4.98. The fraction of sp³-hybridized carbons (Fsp3) is 0.875. The van der Waals surface area contributed by atoms with Gasteiger partial charge in [0.15, 0.2) is 0 Å². The fourth-order valence-corrected chi connectivity index (χ4v) is 1.44. The van der Waals surface area contributed by atoms with E-state index in [1.165, 1.54) is 0 Å². The van der Waals surface area contributed by atoms with Crippen LogP contribution in [0, 0.1) is 11.8 Å². The molecule has 1 atom stereocenters. The number of carbonyl (C=O) groups is 2. The first-order valence-electron chi connectivity index (χ1n) is 7.84. The first-order chi connectivity index (χ1) is 9.70. The van der Waals surface area contributed by atoms with Crippen LogP contribution in [-0.2, 0) is 14.3 Å². The van der Waals surface area contributed by atoms with Crippen LogP contribution in [0.15, 0.2) is 0 Å². The van der Waals surface area contributed by atoms with E-state index >= 15 is 0 Å². The smallest absolute Gasteiger partial charge is 0.322 e. The van der Waals surface area contributed by atoms with Crippen LogP contribution >= 0.6 is 0 Å². The molecule has 1 unspecified atom stereocenters. The Bertz CT molecular complexity index is 277. The summed E-state index contributed by atoms with van der Waals surface area (Å²) in [7, 11) is 0. The molecule has 0 aromatic rings. The molecule has 0 heterocycles. The number of carboxylic acids is 1. The van der Waals surface area contributed by atoms with Crippen molar-refractivity contribution in [3.63, 3.8) is 0 Å². The number of aliphatic carboxylic acids is 1. The molecule has 0 aromatic heterocycles. The van der Waals surface area contributed by atoms with E-state index in [9.17, 15) is 9.59 Å². The quantitative estimate of drug-likeness (QED) is 0.504. The van der Waals surface area contributed by atoms with Gasteiger partial charge in [-0.25, -0.2) is 0 Å². The van der Waals surface area contributed by atoms with Crippen LogP contribution in [0.25, 0.3) is 0 Å². The van der Waals surface area contributed by atoms with Crippen LogP contribution in [0.1, 0.15) is 66.7 Å². The Labute approximate surface area is 129 Å². The minimum atomic E-state index is -0.696. The Morgan fingerprint density at radius 3 is 2.05 bits per heavy atom. The largest absolute Gasteiger partial charge is 0.481 e. The van der Waals surface area contributed by atoms with Gasteiger partial charge in [0.05, 0.1) is 6.61 Å². The predicted octanol–water partition coefficient (Wildman–Crippen LogP) is 3.21. The average Bonchev–Trinajstić information content (AvgIpc) is 2.36. The summed E-state index contributed by atoms with van der Waals surface area (Å²) in [5.41, 5.74) is 5.63. The minimum Gasteiger partial charge on any atom is -0.481 e. The maximum Gasteiger partial charge on any atom is 0.322 e. The van der Waals surface area contributed by atoms with Crippen molar-refractivity contribution >= 4 is 11.9 Å². The zero-order valence-electron chi connectivity index (χ0n) is 14.2. The van der Waals surface area contributed by atoms with Crippen molar-refractivity contribution < 1.29 is 19.4 Å². The van der Waals surface area contributed by atoms with Crippen LogP contribution in [0.3, 0.4) is 0 Å². The standard InChI is InChI=1S/C10H21NO2.C6H12O2/c1-4-5-6-13-10(12)9(11)7-8(2)3;1-5(2)3-4-6(7)8/h8-9H,4-7,11H2,1-3H3;5H,3-4H2,1-2H3,(H,7,8). The number of rotatable bonds is 9. The highest BCUT2D eigenvalue weighted by atomic mass is 16.5. The van der Waals surface area contributed by atoms with Crippen molar-refractivity contribution in [2.24, 2.45) is 17.6 Å². The van der Waals surface area contributed by atoms with E-state index in [-0.39, 0.29) is 5.97 Å². The molecule has 5 heteroatoms. The Morgan fingerprint density at radius 2 is 1.71 bits per heavy atom. The number of nitrogens with two attached hydrogens (primary N) is 1. The zero-order chi connectivity index (χ0) is 16.8. The van der Waals surface area contributed by atoms with Crippen LogP contribution in [0.2, 0.25) is 0 Å². The lowest BCUT2D eigenvalue weighted by molar-refractivity contribution is -0.145. The van der Waals surface area contributed by atoms with E-state index in [1.54, 1.807) is 0 Å². The highest BCUT2D eigenvalue weighted by Crippen LogP contribution is 2.04. The maximum absolute atomic E-state index is 11.2. The molecule has 0 rings (SSSR count). The Morgan fingerprint density at radius 1 is 1.14 bits per heavy atom. The van der Waals surface area contributed by atoms with Gasteiger partial charge in [-0.05, 0) is 31.1 Å². The number of carbonyl (C=O) groups excluding carboxylic acids is 1. The van der Waals surface area contributed by atoms with Gasteiger partial charge in [0.2, 0.25) is 0 Å². The van der Waals surface area contributed by atoms with Crippen molar-refractivity contribution in [1.29, 1.82) is 0 Å². The monoisotopic (exact) mass is 303 g/mol. The fourth-order valence-electron chi connectivity index (χ4n) is 1.44. The van der Waals surface area contributed by atoms with Gasteiger partial charge in [-0.1, -0.05) is 41.0 Å². The molecule has 0 saturated heterocycles. The second-order valence-electron chi connectivity index (χ2n) is 6.08. The Kier molecular flexibility index (Phi) is 14.6. The van der Waals surface area contributed by atoms with Gasteiger partial charge in [0, 0.05) is 6.42 Å². The third-order valence-electron chi connectivity index (χ3n) is 2.71. The molecule has 0 aromatic carbocycles. The molecule has 126 valence electrons. The first-order valence-corrected chi connectivity index (χ1v) is 7.84. The molecule has 0 radical (unpaired) electrons. The van der Waals surface area contributed by atoms with Crippen LogP contribution in [0.4, 0.5) is 0 Å². The second kappa shape index (κ2) is 13.9. The number of ether oxygens (including phenoxy) is 1. The molecule has 0 aliphatic carbocycles. The van der Waals surface area contributed by atoms with Gasteiger partial charge >= 0.3 is 11.9 Å². The molecule has 0 aliphatic rings. The number of hydrogen-bond acceptors (Lipinski definition) is 4. The molecule has 0 bridgehead atoms. The van der Waals surface area contributed by atoms with Gasteiger partial charge < -0.3 is 15.6 Å². The molecule has 0 aliphatic heterocycles. The number of hydrogen-bond donors (Lipinski definition) is 2. The third-order valence-corrected chi connectivity index (χ3v) is 2.71. The first kappa shape index (κ1) is 22.2. The van der Waals surface area contributed by atoms with Gasteiger partial charge in [-0.15, -0.1) is 0 Å². The van der Waals surface area contributed by atoms with Gasteiger partial charge in [-0.2, -0.15) is 0 Å². The highest BCUT2D eigenvalue weighted by Gasteiger charge is 2.15. The van der Waals surface area contributed by atoms with Gasteiger partial charge in [-0.3, -0.25) is 9.59 Å². The second-order valence-corrected chi connectivity index (χ2v) is 6.08. The van der Waals surface area contributed by atoms with E-state index in [0.717, 1.165) is 19.3 Å². The van der Waals surface area contributed by atoms with Crippen molar-refractivity contribution in [2.75, 3.05) is 6.61 Å². The lowest BCUT2D eigenvalue weighted by atomic mass is 10.1. The molecule has 0 spiro atoms. The minimum absolute atomic E-state index is 0.262. The summed E-state index contributed by atoms with van der Waals surface area (Å²) in [4.78, 5) is 21.1. The topological polar surface area (TPSA) is 89.6 Å². The van der Waals surface area contributed by atoms with Crippen LogP contribution in [-0.4, -0.2) is 29.7 Å². The van der Waals surface area contributed by atoms with Gasteiger partial charge in [0.1, 0.15) is 6.04 Å². The molecule has 3 N–H and O–H groups in total. The molecule has 0 saturated carbocycles. The Balaban J connectivity index is 0. The normalized spacial score (nSPS) is 11.8. The summed E-state index contributed by atoms with van der Waals surface area (Å²) in [5, 5.41) is 8.16. The van der Waals surface area contributed by atoms with E-state index in [2.05, 4.69) is 6.92 Å². The van der Waals surface area contributed by atoms with Crippen molar-refractivity contribution in [3.8, 4) is 0 Å². The molecule has 0 fully saturated rings. The summed E-state index contributed by atoms with van der Waals surface area (Å²) in [5.74, 6) is -0.0133. The molecular weight excluding hydrogens is 270 g/mol. The summed E-state index contributed by atoms with van der Waals surface area (Å²) in [6.07, 6.45) is 3.74. The number of esters is 1. The summed E-state index contributed by atoms with van der Waals surface area (Å²) in [6, 6.07) is -0.447. The van der Waals surface area contributed by atoms with Crippen molar-refractivity contribution in [1.82, 2.24) is 0 Å². The van der Waals surface area contributed by atoms with E-state index < -0.39 is 12.0 Å². The maximum atomic E-state index is 11.2. The molecule has 5 nitrogen and oxygen atoms in total. The Hall–Kier alpha value is -1.10. The van der Waals surface area contributed by atoms with Crippen molar-refractivity contribution in [3.05, 3.63) is 0 Å². The lowest BCUT2D eigenvalue weighted by Crippen LogP contribution is -2.33. The number of carboxylic acid groups (broad SMARTS) is 1. The van der Waals surface area contributed by atoms with Crippen LogP contribution in [0.5, 0.6) is 0 Å². The molecule has 21 heavy (non-hydrogen) atoms. The predicted molar refractivity (Wildman–Crippen MR) is 85.0 cm³/mol. The lowest BCUT2D eigenvalue weighted by Gasteiger charge is -2.12. The zero-order valence-corrected chi connectivity index (χ0v) is 14.2. The highest BCUT2D eigenvalue weighted by molar-refractivity contribution is 5.75. The average molecular weight is 303 g/mol. The molecular formula is C16H33NO4. The summed E-state index contributed by atoms with van der Waals surface area (Å²) >= 11 is 0. The third kappa shape index (κ3) is 18.9. The van der Waals surface area contributed by atoms with E-state index in [4.69, 9.17) is 15.6 Å². The SMILES string of the molecule is CC(C)CCC(=O)O.CCCCOC(=O)C(N)CC(C)C. The van der Waals surface area contributed by atoms with Crippen LogP contribution < -0.4 is 5.73 Å². The number of unbranched alkanes of at least 4 members (excludes halogenated alkanes) is 1. The summed E-state index contributed by atoms with van der Waals surface area (Å²) in [6.45, 7) is 10.7.